The summed E-state index contributed by atoms with van der Waals surface area (Å²) in [5.41, 5.74) is 1.26. The molecule has 0 saturated heterocycles. The molecule has 0 aliphatic heterocycles. The third-order valence-electron chi connectivity index (χ3n) is 2.54. The fourth-order valence-corrected chi connectivity index (χ4v) is 1.86. The summed E-state index contributed by atoms with van der Waals surface area (Å²) in [4.78, 5) is 0. The molecule has 0 bridgehead atoms. The van der Waals surface area contributed by atoms with Crippen LogP contribution >= 0.6 is 11.6 Å². The Morgan fingerprint density at radius 2 is 1.79 bits per heavy atom. The maximum absolute atomic E-state index is 8.98. The van der Waals surface area contributed by atoms with Gasteiger partial charge >= 0.3 is 0 Å². The largest absolute Gasteiger partial charge is 0.396 e. The Kier molecular flexibility index (Phi) is 4.43. The fourth-order valence-electron chi connectivity index (χ4n) is 1.73. The Hall–Kier alpha value is -0.530. The van der Waals surface area contributed by atoms with Gasteiger partial charge in [0.2, 0.25) is 0 Å². The summed E-state index contributed by atoms with van der Waals surface area (Å²) in [6.45, 7) is 4.59. The van der Waals surface area contributed by atoms with E-state index in [4.69, 9.17) is 16.7 Å². The minimum atomic E-state index is 0.242. The van der Waals surface area contributed by atoms with Gasteiger partial charge in [0, 0.05) is 11.6 Å². The fraction of sp³-hybridized carbons (Fsp3) is 0.500. The zero-order valence-electron chi connectivity index (χ0n) is 8.70. The van der Waals surface area contributed by atoms with Crippen molar-refractivity contribution in [1.82, 2.24) is 0 Å². The van der Waals surface area contributed by atoms with E-state index in [1.165, 1.54) is 5.56 Å². The standard InChI is InChI=1S/C12H17ClO/c1-9(2)12(7-8-14)10-3-5-11(13)6-4-10/h3-6,9,12,14H,7-8H2,1-2H3. The minimum absolute atomic E-state index is 0.242. The number of aliphatic hydroxyl groups is 1. The molecule has 0 heterocycles. The van der Waals surface area contributed by atoms with Gasteiger partial charge in [0.1, 0.15) is 0 Å². The Balaban J connectivity index is 2.82. The van der Waals surface area contributed by atoms with E-state index < -0.39 is 0 Å². The third kappa shape index (κ3) is 3.00. The number of hydrogen-bond donors (Lipinski definition) is 1. The van der Waals surface area contributed by atoms with E-state index in [0.29, 0.717) is 11.8 Å². The Bertz CT molecular complexity index is 266. The summed E-state index contributed by atoms with van der Waals surface area (Å²) in [6, 6.07) is 7.90. The van der Waals surface area contributed by atoms with Gasteiger partial charge in [-0.3, -0.25) is 0 Å². The minimum Gasteiger partial charge on any atom is -0.396 e. The Labute approximate surface area is 90.7 Å². The molecule has 0 aromatic heterocycles. The summed E-state index contributed by atoms with van der Waals surface area (Å²) in [5.74, 6) is 0.973. The Morgan fingerprint density at radius 1 is 1.21 bits per heavy atom. The van der Waals surface area contributed by atoms with Gasteiger partial charge in [-0.25, -0.2) is 0 Å². The summed E-state index contributed by atoms with van der Waals surface area (Å²) in [7, 11) is 0. The average Bonchev–Trinajstić information content (AvgIpc) is 2.15. The second kappa shape index (κ2) is 5.38. The smallest absolute Gasteiger partial charge is 0.0436 e. The zero-order valence-corrected chi connectivity index (χ0v) is 9.46. The molecule has 0 radical (unpaired) electrons. The summed E-state index contributed by atoms with van der Waals surface area (Å²) in [5, 5.41) is 9.74. The lowest BCUT2D eigenvalue weighted by atomic mass is 9.86. The molecule has 1 aromatic carbocycles. The van der Waals surface area contributed by atoms with Gasteiger partial charge in [0.15, 0.2) is 0 Å². The van der Waals surface area contributed by atoms with Crippen molar-refractivity contribution in [3.05, 3.63) is 34.9 Å². The molecule has 1 rings (SSSR count). The quantitative estimate of drug-likeness (QED) is 0.811. The number of halogens is 1. The maximum Gasteiger partial charge on any atom is 0.0436 e. The van der Waals surface area contributed by atoms with E-state index >= 15 is 0 Å². The lowest BCUT2D eigenvalue weighted by Gasteiger charge is -2.20. The van der Waals surface area contributed by atoms with Crippen LogP contribution < -0.4 is 0 Å². The summed E-state index contributed by atoms with van der Waals surface area (Å²) in [6.07, 6.45) is 0.819. The van der Waals surface area contributed by atoms with Crippen molar-refractivity contribution in [3.63, 3.8) is 0 Å². The van der Waals surface area contributed by atoms with Crippen LogP contribution in [0, 0.1) is 5.92 Å². The topological polar surface area (TPSA) is 20.2 Å². The predicted molar refractivity (Wildman–Crippen MR) is 60.7 cm³/mol. The second-order valence-corrected chi connectivity index (χ2v) is 4.35. The van der Waals surface area contributed by atoms with E-state index in [0.717, 1.165) is 11.4 Å². The van der Waals surface area contributed by atoms with Crippen molar-refractivity contribution >= 4 is 11.6 Å². The first-order chi connectivity index (χ1) is 6.65. The first-order valence-corrected chi connectivity index (χ1v) is 5.39. The highest BCUT2D eigenvalue weighted by atomic mass is 35.5. The zero-order chi connectivity index (χ0) is 10.6. The highest BCUT2D eigenvalue weighted by Gasteiger charge is 2.14. The van der Waals surface area contributed by atoms with Crippen molar-refractivity contribution in [1.29, 1.82) is 0 Å². The van der Waals surface area contributed by atoms with Crippen LogP contribution in [0.3, 0.4) is 0 Å². The first kappa shape index (κ1) is 11.5. The van der Waals surface area contributed by atoms with Gasteiger partial charge in [0.05, 0.1) is 0 Å². The molecular weight excluding hydrogens is 196 g/mol. The van der Waals surface area contributed by atoms with Crippen LogP contribution in [0.2, 0.25) is 5.02 Å². The van der Waals surface area contributed by atoms with Crippen molar-refractivity contribution in [2.75, 3.05) is 6.61 Å². The molecular formula is C12H17ClO. The summed E-state index contributed by atoms with van der Waals surface area (Å²) < 4.78 is 0. The van der Waals surface area contributed by atoms with Crippen LogP contribution in [-0.4, -0.2) is 11.7 Å². The van der Waals surface area contributed by atoms with Crippen LogP contribution in [-0.2, 0) is 0 Å². The van der Waals surface area contributed by atoms with Crippen LogP contribution in [0.25, 0.3) is 0 Å². The van der Waals surface area contributed by atoms with Crippen molar-refractivity contribution in [2.24, 2.45) is 5.92 Å². The highest BCUT2D eigenvalue weighted by Crippen LogP contribution is 2.28. The number of rotatable bonds is 4. The molecule has 1 nitrogen and oxygen atoms in total. The van der Waals surface area contributed by atoms with Crippen molar-refractivity contribution in [3.8, 4) is 0 Å². The molecule has 2 heteroatoms. The van der Waals surface area contributed by atoms with E-state index in [1.807, 2.05) is 24.3 Å². The normalized spacial score (nSPS) is 13.2. The monoisotopic (exact) mass is 212 g/mol. The molecule has 1 atom stereocenters. The lowest BCUT2D eigenvalue weighted by molar-refractivity contribution is 0.261. The van der Waals surface area contributed by atoms with Gasteiger partial charge in [-0.05, 0) is 36.0 Å². The molecule has 0 aliphatic rings. The molecule has 0 fully saturated rings. The number of benzene rings is 1. The van der Waals surface area contributed by atoms with E-state index in [1.54, 1.807) is 0 Å². The van der Waals surface area contributed by atoms with Crippen molar-refractivity contribution < 1.29 is 5.11 Å². The SMILES string of the molecule is CC(C)C(CCO)c1ccc(Cl)cc1. The number of hydrogen-bond acceptors (Lipinski definition) is 1. The van der Waals surface area contributed by atoms with Crippen LogP contribution in [0.4, 0.5) is 0 Å². The highest BCUT2D eigenvalue weighted by molar-refractivity contribution is 6.30. The first-order valence-electron chi connectivity index (χ1n) is 5.01. The lowest BCUT2D eigenvalue weighted by Crippen LogP contribution is -2.08. The molecule has 0 saturated carbocycles. The van der Waals surface area contributed by atoms with Crippen LogP contribution in [0.15, 0.2) is 24.3 Å². The molecule has 1 unspecified atom stereocenters. The van der Waals surface area contributed by atoms with Crippen LogP contribution in [0.1, 0.15) is 31.7 Å². The molecule has 1 N–H and O–H groups in total. The maximum atomic E-state index is 8.98. The number of aliphatic hydroxyl groups excluding tert-OH is 1. The third-order valence-corrected chi connectivity index (χ3v) is 2.79. The van der Waals surface area contributed by atoms with Crippen LogP contribution in [0.5, 0.6) is 0 Å². The molecule has 0 spiro atoms. The van der Waals surface area contributed by atoms with Gasteiger partial charge < -0.3 is 5.11 Å². The summed E-state index contributed by atoms with van der Waals surface area (Å²) >= 11 is 5.82. The Morgan fingerprint density at radius 3 is 2.21 bits per heavy atom. The molecule has 78 valence electrons. The predicted octanol–water partition coefficient (Wildman–Crippen LogP) is 3.46. The average molecular weight is 213 g/mol. The molecule has 14 heavy (non-hydrogen) atoms. The van der Waals surface area contributed by atoms with E-state index in [-0.39, 0.29) is 6.61 Å². The van der Waals surface area contributed by atoms with Crippen molar-refractivity contribution in [2.45, 2.75) is 26.2 Å². The van der Waals surface area contributed by atoms with Gasteiger partial charge in [0.25, 0.3) is 0 Å². The van der Waals surface area contributed by atoms with Gasteiger partial charge in [-0.2, -0.15) is 0 Å². The van der Waals surface area contributed by atoms with E-state index in [2.05, 4.69) is 13.8 Å². The second-order valence-electron chi connectivity index (χ2n) is 3.91. The van der Waals surface area contributed by atoms with Gasteiger partial charge in [-0.15, -0.1) is 0 Å². The van der Waals surface area contributed by atoms with Gasteiger partial charge in [-0.1, -0.05) is 37.6 Å². The molecule has 0 amide bonds. The molecule has 0 aliphatic carbocycles. The van der Waals surface area contributed by atoms with E-state index in [9.17, 15) is 0 Å². The molecule has 1 aromatic rings.